The van der Waals surface area contributed by atoms with Gasteiger partial charge < -0.3 is 10.1 Å². The number of nitrogens with zero attached hydrogens (tertiary/aromatic N) is 2. The fourth-order valence-corrected chi connectivity index (χ4v) is 3.75. The van der Waals surface area contributed by atoms with Crippen LogP contribution < -0.4 is 10.1 Å². The van der Waals surface area contributed by atoms with Gasteiger partial charge in [-0.25, -0.2) is 4.39 Å². The Morgan fingerprint density at radius 2 is 2.08 bits per heavy atom. The van der Waals surface area contributed by atoms with E-state index in [9.17, 15) is 9.18 Å². The number of benzene rings is 1. The Hall–Kier alpha value is -1.66. The minimum Gasteiger partial charge on any atom is -0.492 e. The Bertz CT molecular complexity index is 563. The average Bonchev–Trinajstić information content (AvgIpc) is 3.14. The van der Waals surface area contributed by atoms with Gasteiger partial charge in [-0.15, -0.1) is 0 Å². The lowest BCUT2D eigenvalue weighted by molar-refractivity contribution is -0.122. The summed E-state index contributed by atoms with van der Waals surface area (Å²) in [5.41, 5.74) is 0. The van der Waals surface area contributed by atoms with Gasteiger partial charge in [-0.05, 0) is 57.5 Å². The number of amides is 1. The van der Waals surface area contributed by atoms with Gasteiger partial charge in [-0.2, -0.15) is 0 Å². The Morgan fingerprint density at radius 3 is 2.88 bits per heavy atom. The molecule has 2 aliphatic rings. The van der Waals surface area contributed by atoms with E-state index in [1.807, 2.05) is 0 Å². The van der Waals surface area contributed by atoms with Gasteiger partial charge in [0.25, 0.3) is 0 Å². The first kappa shape index (κ1) is 18.1. The zero-order valence-electron chi connectivity index (χ0n) is 14.8. The summed E-state index contributed by atoms with van der Waals surface area (Å²) in [5, 5.41) is 2.89. The second kappa shape index (κ2) is 9.15. The maximum absolute atomic E-state index is 13.0. The zero-order valence-corrected chi connectivity index (χ0v) is 14.8. The molecule has 0 spiro atoms. The monoisotopic (exact) mass is 349 g/mol. The first-order chi connectivity index (χ1) is 12.2. The molecule has 3 rings (SSSR count). The van der Waals surface area contributed by atoms with Crippen LogP contribution in [0.5, 0.6) is 5.75 Å². The first-order valence-corrected chi connectivity index (χ1v) is 9.32. The number of ether oxygens (including phenoxy) is 1. The molecule has 2 saturated heterocycles. The first-order valence-electron chi connectivity index (χ1n) is 9.32. The summed E-state index contributed by atoms with van der Waals surface area (Å²) < 4.78 is 18.5. The lowest BCUT2D eigenvalue weighted by Crippen LogP contribution is -2.49. The minimum absolute atomic E-state index is 0.0323. The van der Waals surface area contributed by atoms with Crippen molar-refractivity contribution in [2.75, 3.05) is 45.9 Å². The van der Waals surface area contributed by atoms with E-state index in [4.69, 9.17) is 4.74 Å². The summed E-state index contributed by atoms with van der Waals surface area (Å²) in [6, 6.07) is 6.64. The molecule has 0 unspecified atom stereocenters. The van der Waals surface area contributed by atoms with Crippen molar-refractivity contribution in [3.8, 4) is 5.75 Å². The van der Waals surface area contributed by atoms with Gasteiger partial charge >= 0.3 is 0 Å². The Balaban J connectivity index is 1.33. The van der Waals surface area contributed by atoms with E-state index in [0.29, 0.717) is 31.5 Å². The highest BCUT2D eigenvalue weighted by atomic mass is 19.1. The number of rotatable bonds is 7. The number of hydrogen-bond donors (Lipinski definition) is 1. The van der Waals surface area contributed by atoms with E-state index in [0.717, 1.165) is 19.5 Å². The molecular weight excluding hydrogens is 321 g/mol. The van der Waals surface area contributed by atoms with Crippen LogP contribution in [-0.2, 0) is 4.79 Å². The van der Waals surface area contributed by atoms with Gasteiger partial charge in [0.1, 0.15) is 18.2 Å². The van der Waals surface area contributed by atoms with Gasteiger partial charge in [0.05, 0.1) is 13.1 Å². The summed E-state index contributed by atoms with van der Waals surface area (Å²) >= 11 is 0. The Morgan fingerprint density at radius 1 is 1.24 bits per heavy atom. The third-order valence-electron chi connectivity index (χ3n) is 4.99. The number of likely N-dealkylation sites (tertiary alicyclic amines) is 2. The van der Waals surface area contributed by atoms with Crippen LogP contribution in [0.2, 0.25) is 0 Å². The number of halogens is 1. The molecule has 0 aliphatic carbocycles. The average molecular weight is 349 g/mol. The quantitative estimate of drug-likeness (QED) is 0.764. The third kappa shape index (κ3) is 5.68. The summed E-state index contributed by atoms with van der Waals surface area (Å²) in [4.78, 5) is 17.0. The summed E-state index contributed by atoms with van der Waals surface area (Å²) in [6.07, 6.45) is 5.03. The van der Waals surface area contributed by atoms with E-state index in [-0.39, 0.29) is 11.7 Å². The number of nitrogens with one attached hydrogen (secondary N) is 1. The highest BCUT2D eigenvalue weighted by molar-refractivity contribution is 5.78. The van der Waals surface area contributed by atoms with Crippen molar-refractivity contribution in [2.45, 2.75) is 31.7 Å². The predicted octanol–water partition coefficient (Wildman–Crippen LogP) is 1.88. The molecule has 2 aliphatic heterocycles. The molecule has 0 bridgehead atoms. The zero-order chi connectivity index (χ0) is 17.5. The topological polar surface area (TPSA) is 44.8 Å². The van der Waals surface area contributed by atoms with Crippen molar-refractivity contribution in [1.29, 1.82) is 0 Å². The summed E-state index contributed by atoms with van der Waals surface area (Å²) in [5.74, 6) is 0.197. The van der Waals surface area contributed by atoms with Crippen LogP contribution in [0, 0.1) is 5.82 Å². The van der Waals surface area contributed by atoms with Crippen LogP contribution in [0.25, 0.3) is 0 Å². The fourth-order valence-electron chi connectivity index (χ4n) is 3.75. The number of hydrogen-bond acceptors (Lipinski definition) is 4. The molecule has 1 N–H and O–H groups in total. The van der Waals surface area contributed by atoms with Crippen LogP contribution in [0.3, 0.4) is 0 Å². The van der Waals surface area contributed by atoms with Crippen LogP contribution in [-0.4, -0.2) is 67.6 Å². The van der Waals surface area contributed by atoms with Crippen molar-refractivity contribution in [2.24, 2.45) is 0 Å². The molecule has 0 aromatic heterocycles. The van der Waals surface area contributed by atoms with Crippen LogP contribution in [0.4, 0.5) is 4.39 Å². The van der Waals surface area contributed by atoms with Crippen molar-refractivity contribution in [3.63, 3.8) is 0 Å². The lowest BCUT2D eigenvalue weighted by Gasteiger charge is -2.37. The molecule has 1 aromatic rings. The molecule has 1 atom stereocenters. The predicted molar refractivity (Wildman–Crippen MR) is 95.2 cm³/mol. The standard InChI is InChI=1S/C19H28FN3O2/c20-16-5-3-7-18(13-16)25-12-8-21-19(24)15-22-9-4-6-17(14-22)23-10-1-2-11-23/h3,5,7,13,17H,1-2,4,6,8-12,14-15H2,(H,21,24)/t17-/m1/s1. The summed E-state index contributed by atoms with van der Waals surface area (Å²) in [6.45, 7) is 5.63. The maximum Gasteiger partial charge on any atom is 0.234 e. The van der Waals surface area contributed by atoms with E-state index in [1.165, 1.54) is 44.5 Å². The third-order valence-corrected chi connectivity index (χ3v) is 4.99. The number of carbonyl (C=O) groups is 1. The van der Waals surface area contributed by atoms with Crippen LogP contribution in [0.1, 0.15) is 25.7 Å². The summed E-state index contributed by atoms with van der Waals surface area (Å²) in [7, 11) is 0. The second-order valence-electron chi connectivity index (χ2n) is 6.93. The van der Waals surface area contributed by atoms with Gasteiger partial charge in [0.15, 0.2) is 0 Å². The molecule has 1 aromatic carbocycles. The molecule has 0 radical (unpaired) electrons. The van der Waals surface area contributed by atoms with Gasteiger partial charge in [0, 0.05) is 18.7 Å². The van der Waals surface area contributed by atoms with Crippen molar-refractivity contribution < 1.29 is 13.9 Å². The number of carbonyl (C=O) groups excluding carboxylic acids is 1. The largest absolute Gasteiger partial charge is 0.492 e. The van der Waals surface area contributed by atoms with Gasteiger partial charge in [-0.3, -0.25) is 14.6 Å². The van der Waals surface area contributed by atoms with Crippen LogP contribution in [0.15, 0.2) is 24.3 Å². The highest BCUT2D eigenvalue weighted by Crippen LogP contribution is 2.20. The van der Waals surface area contributed by atoms with Gasteiger partial charge in [0.2, 0.25) is 5.91 Å². The van der Waals surface area contributed by atoms with Crippen LogP contribution >= 0.6 is 0 Å². The molecule has 1 amide bonds. The maximum atomic E-state index is 13.0. The van der Waals surface area contributed by atoms with E-state index < -0.39 is 0 Å². The second-order valence-corrected chi connectivity index (χ2v) is 6.93. The Kier molecular flexibility index (Phi) is 6.64. The van der Waals surface area contributed by atoms with Crippen molar-refractivity contribution >= 4 is 5.91 Å². The molecule has 0 saturated carbocycles. The minimum atomic E-state index is -0.320. The molecule has 6 heteroatoms. The highest BCUT2D eigenvalue weighted by Gasteiger charge is 2.27. The van der Waals surface area contributed by atoms with Gasteiger partial charge in [-0.1, -0.05) is 6.07 Å². The Labute approximate surface area is 149 Å². The normalized spacial score (nSPS) is 22.0. The lowest BCUT2D eigenvalue weighted by atomic mass is 10.0. The SMILES string of the molecule is O=C(CN1CCC[C@@H](N2CCCC2)C1)NCCOc1cccc(F)c1. The van der Waals surface area contributed by atoms with E-state index in [2.05, 4.69) is 15.1 Å². The van der Waals surface area contributed by atoms with E-state index in [1.54, 1.807) is 12.1 Å². The molecular formula is C19H28FN3O2. The smallest absolute Gasteiger partial charge is 0.234 e. The van der Waals surface area contributed by atoms with Crippen molar-refractivity contribution in [1.82, 2.24) is 15.1 Å². The fraction of sp³-hybridized carbons (Fsp3) is 0.632. The molecule has 2 heterocycles. The molecule has 5 nitrogen and oxygen atoms in total. The molecule has 25 heavy (non-hydrogen) atoms. The van der Waals surface area contributed by atoms with E-state index >= 15 is 0 Å². The number of piperidine rings is 1. The van der Waals surface area contributed by atoms with Crippen molar-refractivity contribution in [3.05, 3.63) is 30.1 Å². The molecule has 138 valence electrons. The molecule has 2 fully saturated rings.